The van der Waals surface area contributed by atoms with Gasteiger partial charge in [0.25, 0.3) is 6.33 Å². The van der Waals surface area contributed by atoms with Crippen molar-refractivity contribution in [2.45, 2.75) is 52.4 Å². The van der Waals surface area contributed by atoms with Crippen LogP contribution in [0.15, 0.2) is 194 Å². The van der Waals surface area contributed by atoms with Crippen molar-refractivity contribution in [2.75, 3.05) is 0 Å². The third kappa shape index (κ3) is 8.26. The molecule has 0 atom stereocenters. The molecule has 0 aliphatic heterocycles. The molecule has 11 aromatic rings. The summed E-state index contributed by atoms with van der Waals surface area (Å²) in [6.07, 6.45) is 5.74. The van der Waals surface area contributed by atoms with Crippen LogP contribution in [0, 0.1) is 18.5 Å². The average molecular weight is 1060 g/mol. The van der Waals surface area contributed by atoms with Crippen molar-refractivity contribution >= 4 is 32.8 Å². The Balaban J connectivity index is 0.00000539. The number of aromatic nitrogens is 4. The molecule has 336 valence electrons. The average Bonchev–Trinajstić information content (AvgIpc) is 3.90. The second-order valence-corrected chi connectivity index (χ2v) is 19.3. The van der Waals surface area contributed by atoms with Crippen LogP contribution in [-0.4, -0.2) is 14.1 Å². The fourth-order valence-corrected chi connectivity index (χ4v) is 9.33. The first kappa shape index (κ1) is 44.5. The first-order valence-corrected chi connectivity index (χ1v) is 23.0. The number of benzene rings is 8. The first-order valence-electron chi connectivity index (χ1n) is 23.0. The van der Waals surface area contributed by atoms with Gasteiger partial charge < -0.3 is 13.9 Å². The smallest absolute Gasteiger partial charge is 0.268 e. The van der Waals surface area contributed by atoms with Crippen molar-refractivity contribution in [2.24, 2.45) is 0 Å². The van der Waals surface area contributed by atoms with Crippen LogP contribution in [0.25, 0.3) is 83.4 Å². The topological polar surface area (TPSA) is 35.9 Å². The van der Waals surface area contributed by atoms with Crippen LogP contribution in [0.5, 0.6) is 11.5 Å². The summed E-state index contributed by atoms with van der Waals surface area (Å²) in [5.74, 6) is 2.01. The Labute approximate surface area is 413 Å². The zero-order valence-corrected chi connectivity index (χ0v) is 41.3. The van der Waals surface area contributed by atoms with Gasteiger partial charge in [0, 0.05) is 44.3 Å². The van der Waals surface area contributed by atoms with Crippen LogP contribution in [0.4, 0.5) is 0 Å². The molecule has 3 heterocycles. The second-order valence-electron chi connectivity index (χ2n) is 19.3. The van der Waals surface area contributed by atoms with Gasteiger partial charge in [-0.3, -0.25) is 4.57 Å². The van der Waals surface area contributed by atoms with Crippen LogP contribution >= 0.6 is 0 Å². The second kappa shape index (κ2) is 17.7. The van der Waals surface area contributed by atoms with Crippen molar-refractivity contribution in [3.8, 4) is 62.1 Å². The van der Waals surface area contributed by atoms with Crippen LogP contribution < -0.4 is 9.30 Å². The Morgan fingerprint density at radius 2 is 1.15 bits per heavy atom. The Kier molecular flexibility index (Phi) is 11.6. The number of pyridine rings is 1. The van der Waals surface area contributed by atoms with Crippen molar-refractivity contribution in [3.63, 3.8) is 0 Å². The van der Waals surface area contributed by atoms with E-state index in [0.717, 1.165) is 72.3 Å². The summed E-state index contributed by atoms with van der Waals surface area (Å²) in [5.41, 5.74) is 15.0. The van der Waals surface area contributed by atoms with E-state index in [9.17, 15) is 0 Å². The van der Waals surface area contributed by atoms with Crippen molar-refractivity contribution in [3.05, 3.63) is 224 Å². The number of nitrogens with zero attached hydrogens (tertiary/aromatic N) is 4. The number of hydrogen-bond acceptors (Lipinski definition) is 2. The van der Waals surface area contributed by atoms with E-state index in [1.165, 1.54) is 22.3 Å². The molecule has 0 fully saturated rings. The molecule has 0 aliphatic carbocycles. The molecule has 6 heteroatoms. The normalized spacial score (nSPS) is 11.9. The van der Waals surface area contributed by atoms with Crippen LogP contribution in [0.2, 0.25) is 0 Å². The molecule has 0 N–H and O–H groups in total. The van der Waals surface area contributed by atoms with Gasteiger partial charge in [-0.15, -0.1) is 29.7 Å². The van der Waals surface area contributed by atoms with Gasteiger partial charge in [0.05, 0.1) is 16.7 Å². The van der Waals surface area contributed by atoms with E-state index in [4.69, 9.17) is 9.72 Å². The minimum absolute atomic E-state index is 0. The molecule has 0 unspecified atom stereocenters. The summed E-state index contributed by atoms with van der Waals surface area (Å²) in [6.45, 7) is 13.5. The van der Waals surface area contributed by atoms with Crippen LogP contribution in [-0.2, 0) is 31.9 Å². The minimum atomic E-state index is -0.191. The van der Waals surface area contributed by atoms with Crippen molar-refractivity contribution in [1.29, 1.82) is 0 Å². The van der Waals surface area contributed by atoms with Gasteiger partial charge in [0.1, 0.15) is 5.82 Å². The molecule has 68 heavy (non-hydrogen) atoms. The number of imidazole rings is 1. The fraction of sp³-hybridized carbons (Fsp3) is 0.129. The number of ether oxygens (including phenoxy) is 1. The van der Waals surface area contributed by atoms with Gasteiger partial charge in [-0.2, -0.15) is 18.2 Å². The van der Waals surface area contributed by atoms with Gasteiger partial charge in [-0.25, -0.2) is 4.98 Å². The zero-order valence-electron chi connectivity index (χ0n) is 39.0. The van der Waals surface area contributed by atoms with Gasteiger partial charge >= 0.3 is 0 Å². The Morgan fingerprint density at radius 1 is 0.515 bits per heavy atom. The first-order chi connectivity index (χ1) is 32.5. The maximum Gasteiger partial charge on any atom is 0.268 e. The third-order valence-electron chi connectivity index (χ3n) is 12.7. The molecule has 0 saturated carbocycles. The molecule has 3 aromatic heterocycles. The SMILES string of the molecule is CC(C)(C)c1ccnc(-n2c3[c-]c(Oc4[c-]c(-n5[c-][n+](-c6c(-c7cc(-c8ccccc8)cc(-c8ccccc8)c7)cccc6C(C)(C)C)c6ccccc65)ccc4)ccc3c3ccccc32)c1.[Pt]. The Bertz CT molecular complexity index is 3570. The predicted octanol–water partition coefficient (Wildman–Crippen LogP) is 15.2. The summed E-state index contributed by atoms with van der Waals surface area (Å²) in [4.78, 5) is 4.86. The molecule has 5 nitrogen and oxygen atoms in total. The number of hydrogen-bond donors (Lipinski definition) is 0. The van der Waals surface area contributed by atoms with E-state index >= 15 is 0 Å². The minimum Gasteiger partial charge on any atom is -0.510 e. The fourth-order valence-electron chi connectivity index (χ4n) is 9.33. The molecule has 8 aromatic carbocycles. The molecule has 0 radical (unpaired) electrons. The maximum absolute atomic E-state index is 6.67. The number of fused-ring (bicyclic) bond motifs is 4. The summed E-state index contributed by atoms with van der Waals surface area (Å²) in [5, 5.41) is 2.22. The largest absolute Gasteiger partial charge is 0.510 e. The number of para-hydroxylation sites is 4. The van der Waals surface area contributed by atoms with Crippen LogP contribution in [0.1, 0.15) is 52.7 Å². The Morgan fingerprint density at radius 3 is 1.85 bits per heavy atom. The maximum atomic E-state index is 6.67. The summed E-state index contributed by atoms with van der Waals surface area (Å²) >= 11 is 0. The van der Waals surface area contributed by atoms with E-state index in [1.807, 2.05) is 24.4 Å². The van der Waals surface area contributed by atoms with Crippen LogP contribution in [0.3, 0.4) is 0 Å². The molecule has 0 aliphatic rings. The van der Waals surface area contributed by atoms with Gasteiger partial charge in [-0.1, -0.05) is 168 Å². The molecule has 0 spiro atoms. The standard InChI is InChI=1S/C62H50N4O.Pt/c1-61(2,3)47-33-34-63-59(38-47)66-55-28-14-13-25-52(55)53-32-31-50(40-58(53)66)67-49-24-17-23-48(39-49)64-41-65(57-30-16-15-29-56(57)64)60-51(26-18-27-54(60)62(4,5)6)46-36-44(42-19-9-7-10-20-42)35-45(37-46)43-21-11-8-12-22-43;/h7-38H,1-6H3;/q-2;. The third-order valence-corrected chi connectivity index (χ3v) is 12.7. The molecule has 0 amide bonds. The number of rotatable bonds is 8. The molecular formula is C62H50N4OPt-2. The molecule has 0 bridgehead atoms. The molecule has 0 saturated heterocycles. The van der Waals surface area contributed by atoms with Crippen molar-refractivity contribution in [1.82, 2.24) is 14.1 Å². The summed E-state index contributed by atoms with van der Waals surface area (Å²) in [7, 11) is 0. The van der Waals surface area contributed by atoms with Gasteiger partial charge in [0.15, 0.2) is 0 Å². The van der Waals surface area contributed by atoms with Gasteiger partial charge in [-0.05, 0) is 103 Å². The van der Waals surface area contributed by atoms with Gasteiger partial charge in [0.2, 0.25) is 0 Å². The zero-order chi connectivity index (χ0) is 45.9. The molecular weight excluding hydrogens is 1010 g/mol. The van der Waals surface area contributed by atoms with Crippen molar-refractivity contribution < 1.29 is 30.4 Å². The Hall–Kier alpha value is -7.33. The summed E-state index contributed by atoms with van der Waals surface area (Å²) < 4.78 is 13.2. The van der Waals surface area contributed by atoms with E-state index in [-0.39, 0.29) is 31.9 Å². The molecule has 11 rings (SSSR count). The monoisotopic (exact) mass is 1060 g/mol. The predicted molar refractivity (Wildman–Crippen MR) is 274 cm³/mol. The van der Waals surface area contributed by atoms with E-state index in [2.05, 4.69) is 244 Å². The van der Waals surface area contributed by atoms with E-state index < -0.39 is 0 Å². The van der Waals surface area contributed by atoms with E-state index in [0.29, 0.717) is 11.5 Å². The van der Waals surface area contributed by atoms with E-state index in [1.54, 1.807) is 0 Å². The quantitative estimate of drug-likeness (QED) is 0.112. The summed E-state index contributed by atoms with van der Waals surface area (Å²) in [6, 6.07) is 73.6.